The maximum atomic E-state index is 10.4. The van der Waals surface area contributed by atoms with Gasteiger partial charge >= 0.3 is 5.97 Å². The van der Waals surface area contributed by atoms with Crippen LogP contribution in [0.1, 0.15) is 13.3 Å². The summed E-state index contributed by atoms with van der Waals surface area (Å²) in [6.45, 7) is 2.28. The molecule has 0 spiro atoms. The molecule has 0 fully saturated rings. The van der Waals surface area contributed by atoms with Crippen molar-refractivity contribution in [3.63, 3.8) is 0 Å². The molecule has 0 aromatic carbocycles. The lowest BCUT2D eigenvalue weighted by Crippen LogP contribution is -2.14. The molecule has 1 rings (SSSR count). The molecule has 0 unspecified atom stereocenters. The minimum absolute atomic E-state index is 0.197. The van der Waals surface area contributed by atoms with Crippen LogP contribution in [0.15, 0.2) is 11.3 Å². The molecular weight excluding hydrogens is 134 g/mol. The van der Waals surface area contributed by atoms with Crippen molar-refractivity contribution in [1.29, 1.82) is 0 Å². The largest absolute Gasteiger partial charge is 0.477 e. The van der Waals surface area contributed by atoms with Crippen molar-refractivity contribution >= 4 is 5.97 Å². The van der Waals surface area contributed by atoms with Gasteiger partial charge in [-0.25, -0.2) is 4.79 Å². The van der Waals surface area contributed by atoms with Gasteiger partial charge in [0.25, 0.3) is 0 Å². The van der Waals surface area contributed by atoms with E-state index in [2.05, 4.69) is 5.48 Å². The van der Waals surface area contributed by atoms with E-state index in [0.29, 0.717) is 13.0 Å². The van der Waals surface area contributed by atoms with Crippen molar-refractivity contribution < 1.29 is 14.7 Å². The lowest BCUT2D eigenvalue weighted by molar-refractivity contribution is -0.134. The van der Waals surface area contributed by atoms with Gasteiger partial charge in [0, 0.05) is 0 Å². The molecule has 56 valence electrons. The molecule has 4 heteroatoms. The first-order valence-electron chi connectivity index (χ1n) is 3.08. The average molecular weight is 143 g/mol. The van der Waals surface area contributed by atoms with Gasteiger partial charge in [0.2, 0.25) is 0 Å². The van der Waals surface area contributed by atoms with Crippen molar-refractivity contribution in [1.82, 2.24) is 5.48 Å². The van der Waals surface area contributed by atoms with Gasteiger partial charge in [0.1, 0.15) is 5.70 Å². The predicted molar refractivity (Wildman–Crippen MR) is 34.0 cm³/mol. The number of carboxylic acid groups (broad SMARTS) is 1. The summed E-state index contributed by atoms with van der Waals surface area (Å²) in [7, 11) is 0. The minimum atomic E-state index is -0.950. The Bertz CT molecular complexity index is 185. The number of hydroxylamine groups is 1. The number of aliphatic carboxylic acids is 1. The first kappa shape index (κ1) is 7.08. The van der Waals surface area contributed by atoms with Crippen molar-refractivity contribution in [2.24, 2.45) is 0 Å². The molecule has 0 aromatic rings. The Labute approximate surface area is 58.4 Å². The van der Waals surface area contributed by atoms with E-state index in [-0.39, 0.29) is 5.70 Å². The fourth-order valence-electron chi connectivity index (χ4n) is 0.813. The van der Waals surface area contributed by atoms with Crippen LogP contribution in [0.2, 0.25) is 0 Å². The van der Waals surface area contributed by atoms with E-state index in [1.807, 2.05) is 6.92 Å². The number of nitrogens with one attached hydrogen (secondary N) is 1. The van der Waals surface area contributed by atoms with E-state index in [9.17, 15) is 4.79 Å². The normalized spacial score (nSPS) is 17.3. The number of rotatable bonds is 2. The highest BCUT2D eigenvalue weighted by Gasteiger charge is 2.18. The predicted octanol–water partition coefficient (Wildman–Crippen LogP) is 0.270. The van der Waals surface area contributed by atoms with Gasteiger partial charge in [-0.3, -0.25) is 10.3 Å². The molecule has 0 aliphatic carbocycles. The zero-order valence-electron chi connectivity index (χ0n) is 5.68. The topological polar surface area (TPSA) is 58.6 Å². The summed E-state index contributed by atoms with van der Waals surface area (Å²) in [5.41, 5.74) is 3.35. The molecule has 10 heavy (non-hydrogen) atoms. The Hall–Kier alpha value is -1.03. The smallest absolute Gasteiger partial charge is 0.354 e. The molecule has 2 N–H and O–H groups in total. The fourth-order valence-corrected chi connectivity index (χ4v) is 0.813. The lowest BCUT2D eigenvalue weighted by Gasteiger charge is -1.94. The van der Waals surface area contributed by atoms with E-state index in [1.165, 1.54) is 0 Å². The maximum Gasteiger partial charge on any atom is 0.354 e. The summed E-state index contributed by atoms with van der Waals surface area (Å²) in [6, 6.07) is 0. The molecule has 1 heterocycles. The minimum Gasteiger partial charge on any atom is -0.477 e. The summed E-state index contributed by atoms with van der Waals surface area (Å²) in [6.07, 6.45) is 0.717. The summed E-state index contributed by atoms with van der Waals surface area (Å²) in [4.78, 5) is 15.1. The van der Waals surface area contributed by atoms with Gasteiger partial charge < -0.3 is 5.11 Å². The highest BCUT2D eigenvalue weighted by atomic mass is 16.7. The third kappa shape index (κ3) is 1.11. The zero-order valence-corrected chi connectivity index (χ0v) is 5.68. The molecule has 1 aliphatic heterocycles. The SMILES string of the molecule is CCC1=C(C(=O)O)NOC1. The average Bonchev–Trinajstić information content (AvgIpc) is 2.33. The van der Waals surface area contributed by atoms with Gasteiger partial charge in [-0.1, -0.05) is 6.92 Å². The molecule has 4 nitrogen and oxygen atoms in total. The van der Waals surface area contributed by atoms with Crippen LogP contribution in [0, 0.1) is 0 Å². The summed E-state index contributed by atoms with van der Waals surface area (Å²) in [5.74, 6) is -0.950. The van der Waals surface area contributed by atoms with E-state index >= 15 is 0 Å². The molecule has 1 aliphatic rings. The summed E-state index contributed by atoms with van der Waals surface area (Å²) >= 11 is 0. The van der Waals surface area contributed by atoms with Gasteiger partial charge in [0.05, 0.1) is 6.61 Å². The van der Waals surface area contributed by atoms with E-state index < -0.39 is 5.97 Å². The second kappa shape index (κ2) is 2.70. The highest BCUT2D eigenvalue weighted by Crippen LogP contribution is 2.12. The van der Waals surface area contributed by atoms with Crippen molar-refractivity contribution in [3.8, 4) is 0 Å². The van der Waals surface area contributed by atoms with E-state index in [4.69, 9.17) is 9.94 Å². The third-order valence-corrected chi connectivity index (χ3v) is 1.41. The monoisotopic (exact) mass is 143 g/mol. The summed E-state index contributed by atoms with van der Waals surface area (Å²) in [5, 5.41) is 8.51. The number of carbonyl (C=O) groups is 1. The van der Waals surface area contributed by atoms with Gasteiger partial charge in [0.15, 0.2) is 0 Å². The molecule has 0 amide bonds. The lowest BCUT2D eigenvalue weighted by atomic mass is 10.2. The van der Waals surface area contributed by atoms with Crippen LogP contribution in [0.3, 0.4) is 0 Å². The fraction of sp³-hybridized carbons (Fsp3) is 0.500. The summed E-state index contributed by atoms with van der Waals surface area (Å²) < 4.78 is 0. The number of carboxylic acids is 1. The molecule has 0 radical (unpaired) electrons. The quantitative estimate of drug-likeness (QED) is 0.582. The van der Waals surface area contributed by atoms with Crippen LogP contribution >= 0.6 is 0 Å². The Morgan fingerprint density at radius 3 is 3.00 bits per heavy atom. The number of hydrogen-bond donors (Lipinski definition) is 2. The molecular formula is C6H9NO3. The third-order valence-electron chi connectivity index (χ3n) is 1.41. The Morgan fingerprint density at radius 2 is 2.60 bits per heavy atom. The Kier molecular flexibility index (Phi) is 1.91. The van der Waals surface area contributed by atoms with E-state index in [0.717, 1.165) is 5.57 Å². The van der Waals surface area contributed by atoms with Crippen LogP contribution in [0.5, 0.6) is 0 Å². The molecule has 0 aromatic heterocycles. The van der Waals surface area contributed by atoms with Crippen molar-refractivity contribution in [3.05, 3.63) is 11.3 Å². The second-order valence-electron chi connectivity index (χ2n) is 2.03. The van der Waals surface area contributed by atoms with Crippen LogP contribution < -0.4 is 5.48 Å². The zero-order chi connectivity index (χ0) is 7.56. The van der Waals surface area contributed by atoms with Gasteiger partial charge in [-0.2, -0.15) is 0 Å². The van der Waals surface area contributed by atoms with Gasteiger partial charge in [-0.05, 0) is 12.0 Å². The Balaban J connectivity index is 2.78. The van der Waals surface area contributed by atoms with E-state index in [1.54, 1.807) is 0 Å². The van der Waals surface area contributed by atoms with Crippen LogP contribution in [-0.2, 0) is 9.63 Å². The number of hydrogen-bond acceptors (Lipinski definition) is 3. The Morgan fingerprint density at radius 1 is 1.90 bits per heavy atom. The first-order valence-corrected chi connectivity index (χ1v) is 3.08. The highest BCUT2D eigenvalue weighted by molar-refractivity contribution is 5.87. The maximum absolute atomic E-state index is 10.4. The van der Waals surface area contributed by atoms with Crippen LogP contribution in [0.25, 0.3) is 0 Å². The first-order chi connectivity index (χ1) is 4.75. The molecule has 0 saturated carbocycles. The standard InChI is InChI=1S/C6H9NO3/c1-2-4-3-10-7-5(4)6(8)9/h7H,2-3H2,1H3,(H,8,9). The molecule has 0 bridgehead atoms. The van der Waals surface area contributed by atoms with Gasteiger partial charge in [-0.15, -0.1) is 0 Å². The van der Waals surface area contributed by atoms with Crippen molar-refractivity contribution in [2.75, 3.05) is 6.61 Å². The van der Waals surface area contributed by atoms with Crippen LogP contribution in [0.4, 0.5) is 0 Å². The molecule has 0 saturated heterocycles. The molecule has 0 atom stereocenters. The second-order valence-corrected chi connectivity index (χ2v) is 2.03. The van der Waals surface area contributed by atoms with Crippen molar-refractivity contribution in [2.45, 2.75) is 13.3 Å². The van der Waals surface area contributed by atoms with Crippen LogP contribution in [-0.4, -0.2) is 17.7 Å².